The maximum Gasteiger partial charge on any atom is 0.263 e. The van der Waals surface area contributed by atoms with Gasteiger partial charge in [0, 0.05) is 12.0 Å². The van der Waals surface area contributed by atoms with Crippen molar-refractivity contribution in [2.75, 3.05) is 0 Å². The van der Waals surface area contributed by atoms with Crippen LogP contribution in [0.4, 0.5) is 8.78 Å². The first-order valence-corrected chi connectivity index (χ1v) is 8.73. The van der Waals surface area contributed by atoms with Crippen molar-refractivity contribution in [2.45, 2.75) is 38.1 Å². The lowest BCUT2D eigenvalue weighted by atomic mass is 10.1. The van der Waals surface area contributed by atoms with Gasteiger partial charge < -0.3 is 15.1 Å². The van der Waals surface area contributed by atoms with Gasteiger partial charge >= 0.3 is 0 Å². The molecule has 0 aliphatic carbocycles. The fourth-order valence-corrected chi connectivity index (χ4v) is 2.80. The number of hydrogen-bond donors (Lipinski definition) is 2. The minimum absolute atomic E-state index is 0.114. The minimum atomic E-state index is -0.532. The molecule has 0 fully saturated rings. The summed E-state index contributed by atoms with van der Waals surface area (Å²) in [5.74, 6) is -0.511. The molecule has 8 heteroatoms. The second-order valence-corrected chi connectivity index (χ2v) is 6.27. The first-order valence-electron chi connectivity index (χ1n) is 8.73. The van der Waals surface area contributed by atoms with E-state index in [1.165, 1.54) is 18.7 Å². The van der Waals surface area contributed by atoms with E-state index in [1.54, 1.807) is 0 Å². The first kappa shape index (κ1) is 18.9. The van der Waals surface area contributed by atoms with Crippen molar-refractivity contribution in [1.29, 1.82) is 0 Å². The second-order valence-electron chi connectivity index (χ2n) is 6.27. The molecule has 0 aliphatic heterocycles. The molecule has 6 nitrogen and oxygen atoms in total. The molecule has 0 bridgehead atoms. The van der Waals surface area contributed by atoms with Gasteiger partial charge in [0.05, 0.1) is 24.1 Å². The van der Waals surface area contributed by atoms with Gasteiger partial charge in [-0.3, -0.25) is 4.79 Å². The van der Waals surface area contributed by atoms with Crippen LogP contribution in [0.3, 0.4) is 0 Å². The number of nitrogens with zero attached hydrogens (tertiary/aromatic N) is 2. The van der Waals surface area contributed by atoms with Crippen LogP contribution in [-0.4, -0.2) is 20.7 Å². The number of carbonyl (C=O) groups is 1. The molecular formula is C19H20F2N4O2. The molecule has 0 spiro atoms. The van der Waals surface area contributed by atoms with Crippen molar-refractivity contribution in [3.63, 3.8) is 0 Å². The lowest BCUT2D eigenvalue weighted by molar-refractivity contribution is 0.0945. The number of unbranched alkanes of at least 4 members (excludes halogenated alkanes) is 2. The average molecular weight is 374 g/mol. The average Bonchev–Trinajstić information content (AvgIpc) is 3.35. The SMILES string of the molecule is N[C@@H](CCCCCC(=O)c1ncco1)c1ncc(-c2cc(F)ccc2F)[nH]1. The Morgan fingerprint density at radius 1 is 1.22 bits per heavy atom. The van der Waals surface area contributed by atoms with Crippen LogP contribution < -0.4 is 5.73 Å². The fraction of sp³-hybridized carbons (Fsp3) is 0.316. The number of rotatable bonds is 9. The van der Waals surface area contributed by atoms with E-state index in [1.807, 2.05) is 0 Å². The molecule has 3 N–H and O–H groups in total. The van der Waals surface area contributed by atoms with Crippen LogP contribution in [0.2, 0.25) is 0 Å². The standard InChI is InChI=1S/C19H20F2N4O2/c20-12-6-7-14(21)13(10-12)16-11-24-18(25-16)15(22)4-2-1-3-5-17(26)19-23-8-9-27-19/h6-11,15H,1-5,22H2,(H,24,25)/t15-/m0/s1. The van der Waals surface area contributed by atoms with Gasteiger partial charge in [-0.25, -0.2) is 18.7 Å². The molecular weight excluding hydrogens is 354 g/mol. The molecule has 1 aromatic carbocycles. The summed E-state index contributed by atoms with van der Waals surface area (Å²) < 4.78 is 32.1. The maximum atomic E-state index is 13.8. The summed E-state index contributed by atoms with van der Waals surface area (Å²) in [4.78, 5) is 22.7. The zero-order valence-corrected chi connectivity index (χ0v) is 14.6. The summed E-state index contributed by atoms with van der Waals surface area (Å²) in [6, 6.07) is 2.90. The van der Waals surface area contributed by atoms with Gasteiger partial charge in [0.15, 0.2) is 0 Å². The number of halogens is 2. The second kappa shape index (κ2) is 8.68. The van der Waals surface area contributed by atoms with Crippen molar-refractivity contribution in [2.24, 2.45) is 5.73 Å². The number of nitrogens with one attached hydrogen (secondary N) is 1. The number of carbonyl (C=O) groups excluding carboxylic acids is 1. The molecule has 3 rings (SSSR count). The number of imidazole rings is 1. The van der Waals surface area contributed by atoms with Crippen LogP contribution in [0.15, 0.2) is 41.3 Å². The molecule has 0 radical (unpaired) electrons. The fourth-order valence-electron chi connectivity index (χ4n) is 2.80. The molecule has 0 amide bonds. The largest absolute Gasteiger partial charge is 0.442 e. The van der Waals surface area contributed by atoms with E-state index in [0.717, 1.165) is 31.0 Å². The number of oxazole rings is 1. The topological polar surface area (TPSA) is 97.8 Å². The lowest BCUT2D eigenvalue weighted by Crippen LogP contribution is -2.12. The Labute approximate surface area is 154 Å². The number of Topliss-reactive ketones (excluding diaryl/α,β-unsaturated/α-hetero) is 1. The Kier molecular flexibility index (Phi) is 6.08. The summed E-state index contributed by atoms with van der Waals surface area (Å²) in [7, 11) is 0. The lowest BCUT2D eigenvalue weighted by Gasteiger charge is -2.08. The molecule has 2 aromatic heterocycles. The van der Waals surface area contributed by atoms with Crippen molar-refractivity contribution < 1.29 is 18.0 Å². The predicted molar refractivity (Wildman–Crippen MR) is 94.8 cm³/mol. The van der Waals surface area contributed by atoms with Gasteiger partial charge in [0.2, 0.25) is 5.78 Å². The van der Waals surface area contributed by atoms with E-state index in [2.05, 4.69) is 15.0 Å². The maximum absolute atomic E-state index is 13.8. The first-order chi connectivity index (χ1) is 13.0. The van der Waals surface area contributed by atoms with E-state index in [9.17, 15) is 13.6 Å². The van der Waals surface area contributed by atoms with Crippen LogP contribution in [0.1, 0.15) is 54.7 Å². The zero-order chi connectivity index (χ0) is 19.2. The van der Waals surface area contributed by atoms with E-state index in [4.69, 9.17) is 10.2 Å². The molecule has 142 valence electrons. The van der Waals surface area contributed by atoms with E-state index in [0.29, 0.717) is 30.8 Å². The normalized spacial score (nSPS) is 12.3. The van der Waals surface area contributed by atoms with Crippen molar-refractivity contribution in [3.8, 4) is 11.3 Å². The van der Waals surface area contributed by atoms with Gasteiger partial charge in [-0.05, 0) is 31.0 Å². The third-order valence-electron chi connectivity index (χ3n) is 4.26. The molecule has 0 saturated carbocycles. The number of hydrogen-bond acceptors (Lipinski definition) is 5. The molecule has 1 atom stereocenters. The van der Waals surface area contributed by atoms with E-state index < -0.39 is 11.6 Å². The van der Waals surface area contributed by atoms with Crippen molar-refractivity contribution in [3.05, 3.63) is 60.2 Å². The van der Waals surface area contributed by atoms with E-state index >= 15 is 0 Å². The van der Waals surface area contributed by atoms with Crippen molar-refractivity contribution in [1.82, 2.24) is 15.0 Å². The Balaban J connectivity index is 1.46. The number of benzene rings is 1. The van der Waals surface area contributed by atoms with Gasteiger partial charge in [0.1, 0.15) is 23.7 Å². The molecule has 2 heterocycles. The minimum Gasteiger partial charge on any atom is -0.442 e. The number of aromatic amines is 1. The molecule has 0 saturated heterocycles. The Morgan fingerprint density at radius 3 is 2.85 bits per heavy atom. The molecule has 27 heavy (non-hydrogen) atoms. The highest BCUT2D eigenvalue weighted by molar-refractivity contribution is 5.91. The monoisotopic (exact) mass is 374 g/mol. The quantitative estimate of drug-likeness (QED) is 0.433. The molecule has 0 unspecified atom stereocenters. The highest BCUT2D eigenvalue weighted by Crippen LogP contribution is 2.24. The van der Waals surface area contributed by atoms with Crippen molar-refractivity contribution >= 4 is 5.78 Å². The Hall–Kier alpha value is -2.87. The van der Waals surface area contributed by atoms with Crippen LogP contribution in [0.25, 0.3) is 11.3 Å². The Bertz CT molecular complexity index is 893. The van der Waals surface area contributed by atoms with Gasteiger partial charge in [-0.15, -0.1) is 0 Å². The van der Waals surface area contributed by atoms with Gasteiger partial charge in [-0.1, -0.05) is 12.8 Å². The van der Waals surface area contributed by atoms with Gasteiger partial charge in [0.25, 0.3) is 5.89 Å². The highest BCUT2D eigenvalue weighted by atomic mass is 19.1. The number of H-pyrrole nitrogens is 1. The highest BCUT2D eigenvalue weighted by Gasteiger charge is 2.14. The molecule has 3 aromatic rings. The molecule has 0 aliphatic rings. The third-order valence-corrected chi connectivity index (χ3v) is 4.26. The van der Waals surface area contributed by atoms with Crippen LogP contribution in [0, 0.1) is 11.6 Å². The number of ketones is 1. The third kappa shape index (κ3) is 4.85. The summed E-state index contributed by atoms with van der Waals surface area (Å²) in [5, 5.41) is 0. The number of nitrogens with two attached hydrogens (primary N) is 1. The van der Waals surface area contributed by atoms with Gasteiger partial charge in [-0.2, -0.15) is 0 Å². The van der Waals surface area contributed by atoms with Crippen LogP contribution >= 0.6 is 0 Å². The zero-order valence-electron chi connectivity index (χ0n) is 14.6. The summed E-state index contributed by atoms with van der Waals surface area (Å²) in [6.45, 7) is 0. The van der Waals surface area contributed by atoms with Crippen LogP contribution in [0.5, 0.6) is 0 Å². The summed E-state index contributed by atoms with van der Waals surface area (Å²) in [6.07, 6.45) is 7.65. The summed E-state index contributed by atoms with van der Waals surface area (Å²) in [5.41, 5.74) is 6.62. The van der Waals surface area contributed by atoms with E-state index in [-0.39, 0.29) is 23.3 Å². The summed E-state index contributed by atoms with van der Waals surface area (Å²) >= 11 is 0. The number of aromatic nitrogens is 3. The Morgan fingerprint density at radius 2 is 2.07 bits per heavy atom. The predicted octanol–water partition coefficient (Wildman–Crippen LogP) is 4.18. The van der Waals surface area contributed by atoms with Crippen LogP contribution in [-0.2, 0) is 0 Å². The smallest absolute Gasteiger partial charge is 0.263 e.